The van der Waals surface area contributed by atoms with Crippen molar-refractivity contribution in [2.24, 2.45) is 34.4 Å². The summed E-state index contributed by atoms with van der Waals surface area (Å²) in [5.74, 6) is -12.2. The van der Waals surface area contributed by atoms with Gasteiger partial charge in [0.2, 0.25) is 59.1 Å². The van der Waals surface area contributed by atoms with E-state index in [-0.39, 0.29) is 161 Å². The van der Waals surface area contributed by atoms with Crippen LogP contribution in [0.5, 0.6) is 5.75 Å². The number of aliphatic carboxylic acids is 1. The number of phenols is 1. The number of carboxylic acids is 1. The van der Waals surface area contributed by atoms with Crippen molar-refractivity contribution < 1.29 is 113 Å². The molecule has 0 heterocycles. The van der Waals surface area contributed by atoms with Crippen LogP contribution in [-0.4, -0.2) is 274 Å². The number of rotatable bonds is 62. The monoisotopic (exact) mass is 1750 g/mol. The average molecular weight is 1750 g/mol. The Morgan fingerprint density at radius 3 is 0.952 bits per heavy atom. The van der Waals surface area contributed by atoms with E-state index in [4.69, 9.17) is 34.4 Å². The fourth-order valence-corrected chi connectivity index (χ4v) is 13.0. The van der Waals surface area contributed by atoms with E-state index in [1.165, 1.54) is 97.1 Å². The van der Waals surface area contributed by atoms with Gasteiger partial charge in [-0.3, -0.25) is 57.5 Å². The summed E-state index contributed by atoms with van der Waals surface area (Å²) < 4.78 is 0. The highest BCUT2D eigenvalue weighted by Gasteiger charge is 2.37. The largest absolute Gasteiger partial charge is 0.508 e. The van der Waals surface area contributed by atoms with E-state index in [9.17, 15) is 103 Å². The summed E-state index contributed by atoms with van der Waals surface area (Å²) in [4.78, 5) is 183. The number of aliphatic hydroxyl groups excluding tert-OH is 2. The summed E-state index contributed by atoms with van der Waals surface area (Å²) in [5.41, 5.74) is 36.7. The second-order valence-corrected chi connectivity index (χ2v) is 30.6. The zero-order valence-electron chi connectivity index (χ0n) is 70.6. The molecule has 0 saturated carbocycles. The molecular formula is C81H127B3N18O23. The highest BCUT2D eigenvalue weighted by Crippen LogP contribution is 2.16. The zero-order chi connectivity index (χ0) is 92.5. The summed E-state index contributed by atoms with van der Waals surface area (Å²) in [6.45, 7) is 0.968. The molecule has 0 bridgehead atoms. The molecule has 125 heavy (non-hydrogen) atoms. The van der Waals surface area contributed by atoms with Crippen molar-refractivity contribution in [2.75, 3.05) is 52.4 Å². The molecule has 34 N–H and O–H groups in total. The van der Waals surface area contributed by atoms with E-state index in [0.717, 1.165) is 6.92 Å². The lowest BCUT2D eigenvalue weighted by atomic mass is 9.80. The lowest BCUT2D eigenvalue weighted by Crippen LogP contribution is -2.62. The van der Waals surface area contributed by atoms with E-state index in [0.29, 0.717) is 70.0 Å². The predicted molar refractivity (Wildman–Crippen MR) is 465 cm³/mol. The third-order valence-corrected chi connectivity index (χ3v) is 20.5. The van der Waals surface area contributed by atoms with Crippen LogP contribution in [0.15, 0.2) is 97.1 Å². The van der Waals surface area contributed by atoms with E-state index < -0.39 is 184 Å². The standard InChI is InChI=1S/C81H127B3N18O23/c1-49(104)68(80(117)101-67(48-103)79(116)100-66(81(118)119)47-51-25-37-57(105)38-26-51)102-78(115)65(46-50-23-31-54(32-24-50)82(120)121)99-77(114)64(98-76(113)63(21-7-14-44-92-70(107)53-29-35-56(36-30-53)84(124)125)97-75(112)62(19-5-12-42-88)95-72(109)59(90)17-3-10-40-86)22-8-15-45-93-73(110)60(20-6-13-43-91-69(106)52-27-33-55(34-28-52)83(122)123)96-74(111)61(18-4-11-41-87)94-71(108)58(89)16-2-9-39-85/h23-38,49,58-68,103-105,120-125H,2-22,39-48,85-90H2,1H3,(H,91,106)(H,92,107)(H,93,110)(H,94,108)(H,95,109)(H,96,111)(H,97,112)(H,98,113)(H,99,114)(H,100,116)(H,101,117)(H,102,115)(H,118,119)/t49?,58-,59-,60-,61-,62-,63-,64-,65?,66-,67-,68-/m0/s1. The molecule has 12 atom stereocenters. The maximum absolute atomic E-state index is 15.4. The number of aliphatic hydroxyl groups is 2. The zero-order valence-corrected chi connectivity index (χ0v) is 70.6. The fraction of sp³-hybridized carbons (Fsp3) is 0.543. The lowest BCUT2D eigenvalue weighted by molar-refractivity contribution is -0.142. The Morgan fingerprint density at radius 2 is 0.608 bits per heavy atom. The highest BCUT2D eigenvalue weighted by atomic mass is 16.4. The Bertz CT molecular complexity index is 4020. The molecule has 4 rings (SSSR count). The van der Waals surface area contributed by atoms with Gasteiger partial charge in [-0.1, -0.05) is 73.5 Å². The second kappa shape index (κ2) is 58.6. The van der Waals surface area contributed by atoms with Crippen LogP contribution < -0.4 is 115 Å². The van der Waals surface area contributed by atoms with Crippen molar-refractivity contribution in [1.29, 1.82) is 0 Å². The quantitative estimate of drug-likeness (QED) is 0.0144. The van der Waals surface area contributed by atoms with Gasteiger partial charge in [-0.05, 0) is 219 Å². The molecular weight excluding hydrogens is 1630 g/mol. The number of phenolic OH excluding ortho intramolecular Hbond substituents is 1. The number of hydrogen-bond acceptors (Lipinski definition) is 28. The lowest BCUT2D eigenvalue weighted by Gasteiger charge is -2.28. The number of unbranched alkanes of at least 4 members (excludes halogenated alkanes) is 7. The minimum atomic E-state index is -2.03. The Kier molecular flexibility index (Phi) is 50.0. The number of hydrogen-bond donors (Lipinski definition) is 28. The molecule has 4 aromatic carbocycles. The molecule has 12 amide bonds. The normalized spacial score (nSPS) is 14.0. The Morgan fingerprint density at radius 1 is 0.328 bits per heavy atom. The number of carbonyl (C=O) groups is 13. The molecule has 688 valence electrons. The molecule has 0 aliphatic rings. The number of nitrogens with one attached hydrogen (secondary N) is 12. The molecule has 0 saturated heterocycles. The van der Waals surface area contributed by atoms with Gasteiger partial charge in [-0.2, -0.15) is 0 Å². The molecule has 0 radical (unpaired) electrons. The third-order valence-electron chi connectivity index (χ3n) is 20.5. The van der Waals surface area contributed by atoms with E-state index in [2.05, 4.69) is 63.8 Å². The van der Waals surface area contributed by atoms with Crippen molar-refractivity contribution in [1.82, 2.24) is 63.8 Å². The highest BCUT2D eigenvalue weighted by molar-refractivity contribution is 6.59. The number of benzene rings is 4. The third kappa shape index (κ3) is 40.1. The molecule has 0 aliphatic heterocycles. The molecule has 41 nitrogen and oxygen atoms in total. The summed E-state index contributed by atoms with van der Waals surface area (Å²) in [6, 6.07) is 4.99. The summed E-state index contributed by atoms with van der Waals surface area (Å²) in [5, 5.41) is 131. The summed E-state index contributed by atoms with van der Waals surface area (Å²) >= 11 is 0. The Hall–Kier alpha value is -10.6. The van der Waals surface area contributed by atoms with E-state index in [1.807, 2.05) is 0 Å². The first kappa shape index (κ1) is 107. The first-order valence-corrected chi connectivity index (χ1v) is 42.2. The van der Waals surface area contributed by atoms with Crippen LogP contribution in [0.25, 0.3) is 0 Å². The van der Waals surface area contributed by atoms with Crippen LogP contribution in [0.1, 0.15) is 174 Å². The van der Waals surface area contributed by atoms with Gasteiger partial charge in [0.05, 0.1) is 24.8 Å². The van der Waals surface area contributed by atoms with Gasteiger partial charge >= 0.3 is 27.3 Å². The molecule has 44 heteroatoms. The van der Waals surface area contributed by atoms with Crippen LogP contribution in [0.4, 0.5) is 0 Å². The second-order valence-electron chi connectivity index (χ2n) is 30.6. The van der Waals surface area contributed by atoms with Crippen LogP contribution in [0, 0.1) is 0 Å². The Labute approximate surface area is 727 Å². The van der Waals surface area contributed by atoms with Crippen LogP contribution in [0.2, 0.25) is 0 Å². The SMILES string of the molecule is CC(O)[C@H](NC(=O)C(Cc1ccc(B(O)O)cc1)NC(=O)[C@H](CCCCNC(=O)[C@H](CCCCNC(=O)c1ccc(B(O)O)cc1)NC(=O)[C@H](CCCCN)NC(=O)[C@@H](N)CCCCN)NC(=O)[C@H](CCCCNC(=O)c1ccc(B(O)O)cc1)NC(=O)[C@H](CCCCN)NC(=O)[C@@H](N)CCCCN)C(=O)N[C@@H](CO)C(=O)N[C@@H](Cc1ccc(O)cc1)C(=O)O. The summed E-state index contributed by atoms with van der Waals surface area (Å²) in [6.07, 6.45) is 1.66. The smallest absolute Gasteiger partial charge is 0.488 e. The molecule has 4 aromatic rings. The molecule has 0 aromatic heterocycles. The maximum atomic E-state index is 15.4. The predicted octanol–water partition coefficient (Wildman–Crippen LogP) is -8.30. The number of amides is 12. The van der Waals surface area contributed by atoms with Crippen LogP contribution in [0.3, 0.4) is 0 Å². The van der Waals surface area contributed by atoms with Gasteiger partial charge in [-0.15, -0.1) is 0 Å². The Balaban J connectivity index is 1.80. The van der Waals surface area contributed by atoms with E-state index in [1.54, 1.807) is 0 Å². The molecule has 0 spiro atoms. The number of carboxylic acid groups (broad SMARTS) is 1. The molecule has 2 unspecified atom stereocenters. The molecule has 0 fully saturated rings. The number of aromatic hydroxyl groups is 1. The topological polar surface area (TPSA) is 725 Å². The van der Waals surface area contributed by atoms with Gasteiger partial charge in [0.25, 0.3) is 11.8 Å². The number of nitrogens with two attached hydrogens (primary N) is 6. The fourth-order valence-electron chi connectivity index (χ4n) is 13.0. The van der Waals surface area contributed by atoms with Crippen LogP contribution in [-0.2, 0) is 65.6 Å². The van der Waals surface area contributed by atoms with Crippen molar-refractivity contribution in [3.63, 3.8) is 0 Å². The summed E-state index contributed by atoms with van der Waals surface area (Å²) in [7, 11) is -5.53. The first-order chi connectivity index (χ1) is 59.6. The van der Waals surface area contributed by atoms with Gasteiger partial charge in [-0.25, -0.2) is 4.79 Å². The van der Waals surface area contributed by atoms with Crippen molar-refractivity contribution in [2.45, 2.75) is 227 Å². The van der Waals surface area contributed by atoms with Crippen molar-refractivity contribution in [3.05, 3.63) is 119 Å². The minimum Gasteiger partial charge on any atom is -0.508 e. The minimum absolute atomic E-state index is 0.00375. The maximum Gasteiger partial charge on any atom is 0.488 e. The number of carbonyl (C=O) groups excluding carboxylic acids is 12. The van der Waals surface area contributed by atoms with Crippen molar-refractivity contribution >= 4 is 115 Å². The van der Waals surface area contributed by atoms with Crippen LogP contribution >= 0.6 is 0 Å². The van der Waals surface area contributed by atoms with Gasteiger partial charge in [0.1, 0.15) is 60.1 Å². The average Bonchev–Trinajstić information content (AvgIpc) is 0.837. The van der Waals surface area contributed by atoms with Crippen molar-refractivity contribution in [3.8, 4) is 5.75 Å². The van der Waals surface area contributed by atoms with Gasteiger partial charge in [0.15, 0.2) is 0 Å². The molecule has 0 aliphatic carbocycles. The first-order valence-electron chi connectivity index (χ1n) is 42.2. The van der Waals surface area contributed by atoms with Gasteiger partial charge in [0, 0.05) is 43.6 Å². The van der Waals surface area contributed by atoms with Gasteiger partial charge < -0.3 is 149 Å². The van der Waals surface area contributed by atoms with E-state index >= 15 is 9.59 Å².